The molecule has 7 nitrogen and oxygen atoms in total. The molecule has 0 radical (unpaired) electrons. The van der Waals surface area contributed by atoms with Crippen molar-refractivity contribution < 1.29 is 18.0 Å². The molecule has 0 bridgehead atoms. The maximum absolute atomic E-state index is 13.4. The van der Waals surface area contributed by atoms with Gasteiger partial charge in [0.2, 0.25) is 21.8 Å². The van der Waals surface area contributed by atoms with E-state index in [9.17, 15) is 18.0 Å². The number of anilines is 1. The first-order valence-electron chi connectivity index (χ1n) is 10.6. The van der Waals surface area contributed by atoms with E-state index in [4.69, 9.17) is 11.6 Å². The van der Waals surface area contributed by atoms with Crippen molar-refractivity contribution in [2.24, 2.45) is 0 Å². The molecule has 0 aliphatic heterocycles. The van der Waals surface area contributed by atoms with Gasteiger partial charge in [-0.2, -0.15) is 0 Å². The molecule has 0 heterocycles. The van der Waals surface area contributed by atoms with E-state index >= 15 is 0 Å². The summed E-state index contributed by atoms with van der Waals surface area (Å²) in [5.41, 5.74) is 1.09. The number of carbonyl (C=O) groups excluding carboxylic acids is 2. The quantitative estimate of drug-likeness (QED) is 0.419. The molecule has 10 heteroatoms. The fourth-order valence-electron chi connectivity index (χ4n) is 3.15. The number of unbranched alkanes of at least 4 members (excludes halogenated alkanes) is 1. The fraction of sp³-hybridized carbons (Fsp3) is 0.391. The second-order valence-electron chi connectivity index (χ2n) is 7.72. The van der Waals surface area contributed by atoms with E-state index in [1.165, 1.54) is 11.0 Å². The third-order valence-corrected chi connectivity index (χ3v) is 6.94. The first-order chi connectivity index (χ1) is 15.5. The predicted octanol–water partition coefficient (Wildman–Crippen LogP) is 4.20. The lowest BCUT2D eigenvalue weighted by atomic mass is 10.1. The molecule has 0 aliphatic carbocycles. The zero-order valence-corrected chi connectivity index (χ0v) is 22.1. The number of rotatable bonds is 11. The first kappa shape index (κ1) is 27.1. The molecular formula is C23H29BrClN3O4S. The van der Waals surface area contributed by atoms with Gasteiger partial charge in [0.15, 0.2) is 0 Å². The first-order valence-corrected chi connectivity index (χ1v) is 13.6. The molecule has 2 rings (SSSR count). The van der Waals surface area contributed by atoms with Crippen molar-refractivity contribution in [2.75, 3.05) is 23.7 Å². The molecule has 0 fully saturated rings. The Labute approximate surface area is 209 Å². The van der Waals surface area contributed by atoms with Gasteiger partial charge in [0.1, 0.15) is 12.6 Å². The van der Waals surface area contributed by atoms with Gasteiger partial charge < -0.3 is 10.2 Å². The number of halogens is 2. The van der Waals surface area contributed by atoms with E-state index in [-0.39, 0.29) is 18.1 Å². The second kappa shape index (κ2) is 12.4. The van der Waals surface area contributed by atoms with Crippen LogP contribution in [-0.4, -0.2) is 50.5 Å². The van der Waals surface area contributed by atoms with Gasteiger partial charge in [0, 0.05) is 22.6 Å². The van der Waals surface area contributed by atoms with Crippen molar-refractivity contribution in [1.29, 1.82) is 0 Å². The van der Waals surface area contributed by atoms with Crippen LogP contribution in [0, 0.1) is 0 Å². The van der Waals surface area contributed by atoms with E-state index in [1.807, 2.05) is 31.2 Å². The van der Waals surface area contributed by atoms with Crippen LogP contribution < -0.4 is 9.62 Å². The second-order valence-corrected chi connectivity index (χ2v) is 11.0. The van der Waals surface area contributed by atoms with Gasteiger partial charge in [-0.05, 0) is 49.2 Å². The molecule has 0 aliphatic rings. The maximum atomic E-state index is 13.4. The number of carbonyl (C=O) groups is 2. The SMILES string of the molecule is CCCCNC(=O)C(C)N(Cc1ccc(Br)cc1)C(=O)CN(c1cccc(Cl)c1)S(C)(=O)=O. The van der Waals surface area contributed by atoms with Gasteiger partial charge in [-0.1, -0.05) is 59.1 Å². The Morgan fingerprint density at radius 2 is 1.82 bits per heavy atom. The summed E-state index contributed by atoms with van der Waals surface area (Å²) < 4.78 is 26.9. The number of benzene rings is 2. The molecule has 2 aromatic carbocycles. The van der Waals surface area contributed by atoms with Crippen LogP contribution in [-0.2, 0) is 26.2 Å². The monoisotopic (exact) mass is 557 g/mol. The topological polar surface area (TPSA) is 86.8 Å². The molecule has 1 N–H and O–H groups in total. The highest BCUT2D eigenvalue weighted by molar-refractivity contribution is 9.10. The van der Waals surface area contributed by atoms with Gasteiger partial charge in [-0.15, -0.1) is 0 Å². The largest absolute Gasteiger partial charge is 0.354 e. The molecule has 0 saturated heterocycles. The normalized spacial score (nSPS) is 12.2. The Balaban J connectivity index is 2.33. The van der Waals surface area contributed by atoms with Crippen LogP contribution in [0.4, 0.5) is 5.69 Å². The summed E-state index contributed by atoms with van der Waals surface area (Å²) >= 11 is 9.42. The third-order valence-electron chi connectivity index (χ3n) is 5.04. The van der Waals surface area contributed by atoms with Crippen molar-refractivity contribution in [3.05, 3.63) is 63.6 Å². The van der Waals surface area contributed by atoms with Crippen LogP contribution in [0.2, 0.25) is 5.02 Å². The molecule has 0 saturated carbocycles. The summed E-state index contributed by atoms with van der Waals surface area (Å²) in [6.07, 6.45) is 2.79. The van der Waals surface area contributed by atoms with Gasteiger partial charge in [0.05, 0.1) is 11.9 Å². The molecule has 0 spiro atoms. The summed E-state index contributed by atoms with van der Waals surface area (Å²) in [4.78, 5) is 27.5. The van der Waals surface area contributed by atoms with Crippen LogP contribution in [0.1, 0.15) is 32.3 Å². The van der Waals surface area contributed by atoms with Gasteiger partial charge in [-0.3, -0.25) is 13.9 Å². The molecule has 2 amide bonds. The molecule has 180 valence electrons. The summed E-state index contributed by atoms with van der Waals surface area (Å²) in [7, 11) is -3.78. The number of sulfonamides is 1. The maximum Gasteiger partial charge on any atom is 0.244 e. The summed E-state index contributed by atoms with van der Waals surface area (Å²) in [5.74, 6) is -0.788. The molecule has 1 atom stereocenters. The van der Waals surface area contributed by atoms with Crippen LogP contribution in [0.25, 0.3) is 0 Å². The Kier molecular flexibility index (Phi) is 10.2. The molecule has 0 aromatic heterocycles. The highest BCUT2D eigenvalue weighted by Crippen LogP contribution is 2.22. The lowest BCUT2D eigenvalue weighted by molar-refractivity contribution is -0.139. The Bertz CT molecular complexity index is 1060. The van der Waals surface area contributed by atoms with Crippen LogP contribution in [0.3, 0.4) is 0 Å². The summed E-state index contributed by atoms with van der Waals surface area (Å²) in [6.45, 7) is 3.87. The van der Waals surface area contributed by atoms with Crippen molar-refractivity contribution in [3.63, 3.8) is 0 Å². The van der Waals surface area contributed by atoms with Gasteiger partial charge in [0.25, 0.3) is 0 Å². The highest BCUT2D eigenvalue weighted by Gasteiger charge is 2.30. The average Bonchev–Trinajstić information content (AvgIpc) is 2.75. The fourth-order valence-corrected chi connectivity index (χ4v) is 4.44. The standard InChI is InChI=1S/C23H29BrClN3O4S/c1-4-5-13-26-23(30)17(2)27(15-18-9-11-19(24)12-10-18)22(29)16-28(33(3,31)32)21-8-6-7-20(25)14-21/h6-12,14,17H,4-5,13,15-16H2,1-3H3,(H,26,30). The predicted molar refractivity (Wildman–Crippen MR) is 136 cm³/mol. The van der Waals surface area contributed by atoms with Crippen molar-refractivity contribution in [1.82, 2.24) is 10.2 Å². The van der Waals surface area contributed by atoms with E-state index in [1.54, 1.807) is 25.1 Å². The van der Waals surface area contributed by atoms with E-state index in [0.29, 0.717) is 11.6 Å². The zero-order valence-electron chi connectivity index (χ0n) is 18.9. The minimum absolute atomic E-state index is 0.154. The average molecular weight is 559 g/mol. The van der Waals surface area contributed by atoms with Crippen LogP contribution in [0.15, 0.2) is 53.0 Å². The molecular weight excluding hydrogens is 530 g/mol. The number of nitrogens with zero attached hydrogens (tertiary/aromatic N) is 2. The molecule has 2 aromatic rings. The lowest BCUT2D eigenvalue weighted by Gasteiger charge is -2.31. The Morgan fingerprint density at radius 1 is 1.15 bits per heavy atom. The minimum atomic E-state index is -3.78. The van der Waals surface area contributed by atoms with Crippen LogP contribution in [0.5, 0.6) is 0 Å². The number of amides is 2. The molecule has 1 unspecified atom stereocenters. The van der Waals surface area contributed by atoms with Crippen LogP contribution >= 0.6 is 27.5 Å². The zero-order chi connectivity index (χ0) is 24.6. The highest BCUT2D eigenvalue weighted by atomic mass is 79.9. The summed E-state index contributed by atoms with van der Waals surface area (Å²) in [5, 5.41) is 3.20. The van der Waals surface area contributed by atoms with Crippen molar-refractivity contribution >= 4 is 55.1 Å². The lowest BCUT2D eigenvalue weighted by Crippen LogP contribution is -2.51. The number of hydrogen-bond donors (Lipinski definition) is 1. The summed E-state index contributed by atoms with van der Waals surface area (Å²) in [6, 6.07) is 12.9. The van der Waals surface area contributed by atoms with Crippen molar-refractivity contribution in [3.8, 4) is 0 Å². The van der Waals surface area contributed by atoms with E-state index < -0.39 is 28.5 Å². The Morgan fingerprint density at radius 3 is 2.39 bits per heavy atom. The number of nitrogens with one attached hydrogen (secondary N) is 1. The smallest absolute Gasteiger partial charge is 0.244 e. The number of hydrogen-bond acceptors (Lipinski definition) is 4. The Hall–Kier alpha value is -2.10. The van der Waals surface area contributed by atoms with E-state index in [2.05, 4.69) is 21.2 Å². The van der Waals surface area contributed by atoms with Gasteiger partial charge in [-0.25, -0.2) is 8.42 Å². The third kappa shape index (κ3) is 8.32. The molecule has 33 heavy (non-hydrogen) atoms. The van der Waals surface area contributed by atoms with E-state index in [0.717, 1.165) is 33.4 Å². The minimum Gasteiger partial charge on any atom is -0.354 e. The van der Waals surface area contributed by atoms with Gasteiger partial charge >= 0.3 is 0 Å². The van der Waals surface area contributed by atoms with Crippen molar-refractivity contribution in [2.45, 2.75) is 39.3 Å².